The fraction of sp³-hybridized carbons (Fsp3) is 0. The Morgan fingerprint density at radius 3 is 0.750 bits per heavy atom. The van der Waals surface area contributed by atoms with Gasteiger partial charge in [-0.1, -0.05) is 0 Å². The summed E-state index contributed by atoms with van der Waals surface area (Å²) in [5.41, 5.74) is 0. The maximum atomic E-state index is 6.00. The Morgan fingerprint density at radius 1 is 0.750 bits per heavy atom. The van der Waals surface area contributed by atoms with Crippen molar-refractivity contribution in [1.82, 2.24) is 0 Å². The second-order valence-electron chi connectivity index (χ2n) is 0. The Balaban J connectivity index is -0.00000000500. The van der Waals surface area contributed by atoms with E-state index in [0.29, 0.717) is 0 Å². The quantitative estimate of drug-likeness (QED) is 0.483. The van der Waals surface area contributed by atoms with E-state index in [1.165, 1.54) is 0 Å². The summed E-state index contributed by atoms with van der Waals surface area (Å²) in [5, 5.41) is 12.0. The molecule has 4 heavy (non-hydrogen) atoms. The Labute approximate surface area is 106 Å². The van der Waals surface area contributed by atoms with Crippen molar-refractivity contribution in [2.75, 3.05) is 0 Å². The Morgan fingerprint density at radius 2 is 0.750 bits per heavy atom. The summed E-state index contributed by atoms with van der Waals surface area (Å²) in [4.78, 5) is 0. The summed E-state index contributed by atoms with van der Waals surface area (Å²) in [7, 11) is 0. The molecule has 0 bridgehead atoms. The predicted octanol–water partition coefficient (Wildman–Crippen LogP) is 0.0174. The van der Waals surface area contributed by atoms with Crippen LogP contribution >= 0.6 is 0 Å². The van der Waals surface area contributed by atoms with E-state index in [-0.39, 0.29) is 98.8 Å². The van der Waals surface area contributed by atoms with Crippen LogP contribution < -0.4 is 0 Å². The van der Waals surface area contributed by atoms with Gasteiger partial charge in [-0.15, -0.1) is 0 Å². The van der Waals surface area contributed by atoms with Gasteiger partial charge in [0, 0.05) is 98.8 Å². The van der Waals surface area contributed by atoms with Crippen molar-refractivity contribution in [2.24, 2.45) is 0 Å². The monoisotopic (exact) mass is 340 g/mol. The first-order chi connectivity index (χ1) is 1.00. The molecule has 0 rings (SSSR count). The molecule has 0 aliphatic heterocycles. The minimum absolute atomic E-state index is 0. The van der Waals surface area contributed by atoms with Gasteiger partial charge >= 0.3 is 0 Å². The maximum Gasteiger partial charge on any atom is 0 e. The number of hydrogen-bond acceptors (Lipinski definition) is 2. The minimum Gasteiger partial charge on any atom is -0.255 e. The van der Waals surface area contributed by atoms with E-state index >= 15 is 0 Å². The normalized spacial score (nSPS) is 1.50. The summed E-state index contributed by atoms with van der Waals surface area (Å²) in [6.07, 6.45) is 0. The molecule has 2 nitrogen and oxygen atoms in total. The van der Waals surface area contributed by atoms with Crippen molar-refractivity contribution >= 4 is 0 Å². The molecule has 0 unspecified atom stereocenters. The van der Waals surface area contributed by atoms with Crippen LogP contribution in [0, 0.1) is 98.8 Å². The van der Waals surface area contributed by atoms with E-state index in [4.69, 9.17) is 10.5 Å². The molecule has 0 aromatic rings. The third kappa shape index (κ3) is 8.92. The third-order valence-corrected chi connectivity index (χ3v) is 0. The zero-order valence-electron chi connectivity index (χ0n) is 1.65. The fourth-order valence-corrected chi connectivity index (χ4v) is 0. The second-order valence-corrected chi connectivity index (χ2v) is 0. The van der Waals surface area contributed by atoms with E-state index < -0.39 is 0 Å². The standard InChI is InChI=1S/2Eu.H2O2/c;;1-2/h;;1-2H. The van der Waals surface area contributed by atoms with Gasteiger partial charge in [-0.25, -0.2) is 0 Å². The van der Waals surface area contributed by atoms with Crippen LogP contribution in [0.1, 0.15) is 0 Å². The molecule has 0 aromatic carbocycles. The van der Waals surface area contributed by atoms with Gasteiger partial charge in [0.2, 0.25) is 0 Å². The third-order valence-electron chi connectivity index (χ3n) is 0. The first-order valence-corrected chi connectivity index (χ1v) is 0.200. The molecule has 0 amide bonds. The largest absolute Gasteiger partial charge is 0.255 e. The molecule has 0 aromatic heterocycles. The molecular formula is H2Eu2O2. The fourth-order valence-electron chi connectivity index (χ4n) is 0. The average molecular weight is 338 g/mol. The molecule has 28 valence electrons. The molecule has 0 heterocycles. The van der Waals surface area contributed by atoms with E-state index in [1.807, 2.05) is 0 Å². The van der Waals surface area contributed by atoms with Gasteiger partial charge in [-0.2, -0.15) is 0 Å². The zero-order chi connectivity index (χ0) is 2.00. The summed E-state index contributed by atoms with van der Waals surface area (Å²) < 4.78 is 0. The van der Waals surface area contributed by atoms with Gasteiger partial charge in [-0.3, -0.25) is 10.5 Å². The molecule has 2 N–H and O–H groups in total. The molecule has 4 heteroatoms. The molecule has 0 aliphatic carbocycles. The second kappa shape index (κ2) is 16.5. The number of hydrogen-bond donors (Lipinski definition) is 2. The molecule has 0 atom stereocenters. The molecule has 0 aliphatic rings. The van der Waals surface area contributed by atoms with Crippen LogP contribution in [-0.4, -0.2) is 10.5 Å². The van der Waals surface area contributed by atoms with Gasteiger partial charge in [0.05, 0.1) is 0 Å². The van der Waals surface area contributed by atoms with Crippen molar-refractivity contribution in [3.05, 3.63) is 0 Å². The van der Waals surface area contributed by atoms with Gasteiger partial charge in [0.15, 0.2) is 0 Å². The maximum absolute atomic E-state index is 6.00. The van der Waals surface area contributed by atoms with E-state index in [0.717, 1.165) is 0 Å². The average Bonchev–Trinajstić information content (AvgIpc) is 1.00. The summed E-state index contributed by atoms with van der Waals surface area (Å²) in [5.74, 6) is 0. The van der Waals surface area contributed by atoms with Crippen molar-refractivity contribution in [3.63, 3.8) is 0 Å². The van der Waals surface area contributed by atoms with Crippen LogP contribution in [0.5, 0.6) is 0 Å². The van der Waals surface area contributed by atoms with Crippen molar-refractivity contribution in [3.8, 4) is 0 Å². The molecule has 0 fully saturated rings. The van der Waals surface area contributed by atoms with Gasteiger partial charge in [-0.05, 0) is 0 Å². The first kappa shape index (κ1) is 15.7. The van der Waals surface area contributed by atoms with E-state index in [1.54, 1.807) is 0 Å². The Kier molecular flexibility index (Phi) is 64.9. The van der Waals surface area contributed by atoms with Gasteiger partial charge in [0.1, 0.15) is 0 Å². The van der Waals surface area contributed by atoms with Crippen LogP contribution in [0.4, 0.5) is 0 Å². The molecule has 2 radical (unpaired) electrons. The molecule has 0 spiro atoms. The Hall–Kier alpha value is 3.09. The zero-order valence-corrected chi connectivity index (χ0v) is 6.50. The van der Waals surface area contributed by atoms with Crippen LogP contribution in [0.25, 0.3) is 0 Å². The number of rotatable bonds is 0. The van der Waals surface area contributed by atoms with Crippen molar-refractivity contribution < 1.29 is 109 Å². The van der Waals surface area contributed by atoms with Crippen molar-refractivity contribution in [1.29, 1.82) is 0 Å². The summed E-state index contributed by atoms with van der Waals surface area (Å²) in [6.45, 7) is 0. The topological polar surface area (TPSA) is 40.5 Å². The minimum atomic E-state index is 0. The van der Waals surface area contributed by atoms with Crippen molar-refractivity contribution in [2.45, 2.75) is 0 Å². The van der Waals surface area contributed by atoms with Crippen LogP contribution in [0.3, 0.4) is 0 Å². The van der Waals surface area contributed by atoms with E-state index in [9.17, 15) is 0 Å². The predicted molar refractivity (Wildman–Crippen MR) is 5.26 cm³/mol. The molecule has 0 saturated carbocycles. The van der Waals surface area contributed by atoms with E-state index in [2.05, 4.69) is 0 Å². The Bertz CT molecular complexity index is 4.00. The SMILES string of the molecule is OO.[Eu].[Eu]. The van der Waals surface area contributed by atoms with Crippen LogP contribution in [0.15, 0.2) is 0 Å². The smallest absolute Gasteiger partial charge is 0 e. The summed E-state index contributed by atoms with van der Waals surface area (Å²) >= 11 is 0. The van der Waals surface area contributed by atoms with Gasteiger partial charge < -0.3 is 0 Å². The molecular weight excluding hydrogens is 336 g/mol. The van der Waals surface area contributed by atoms with Crippen LogP contribution in [-0.2, 0) is 0 Å². The summed E-state index contributed by atoms with van der Waals surface area (Å²) in [6, 6.07) is 0. The molecule has 0 saturated heterocycles. The van der Waals surface area contributed by atoms with Crippen LogP contribution in [0.2, 0.25) is 0 Å². The van der Waals surface area contributed by atoms with Gasteiger partial charge in [0.25, 0.3) is 0 Å². The first-order valence-electron chi connectivity index (χ1n) is 0.200.